The van der Waals surface area contributed by atoms with Crippen molar-refractivity contribution in [2.24, 2.45) is 0 Å². The van der Waals surface area contributed by atoms with Crippen molar-refractivity contribution in [2.45, 2.75) is 13.8 Å². The molecule has 0 aliphatic carbocycles. The number of hydrogen-bond acceptors (Lipinski definition) is 2. The van der Waals surface area contributed by atoms with Crippen LogP contribution in [-0.2, 0) is 0 Å². The second kappa shape index (κ2) is 4.23. The van der Waals surface area contributed by atoms with Crippen LogP contribution >= 0.6 is 0 Å². The average molecular weight is 266 g/mol. The van der Waals surface area contributed by atoms with Crippen molar-refractivity contribution >= 4 is 27.5 Å². The van der Waals surface area contributed by atoms with E-state index in [2.05, 4.69) is 0 Å². The highest BCUT2D eigenvalue weighted by Crippen LogP contribution is 2.39. The van der Waals surface area contributed by atoms with Crippen LogP contribution in [0, 0.1) is 13.8 Å². The highest BCUT2D eigenvalue weighted by atomic mass is 16.4. The van der Waals surface area contributed by atoms with Gasteiger partial charge in [-0.15, -0.1) is 0 Å². The lowest BCUT2D eigenvalue weighted by molar-refractivity contribution is 0.0696. The molecule has 0 bridgehead atoms. The van der Waals surface area contributed by atoms with E-state index in [1.165, 1.54) is 0 Å². The molecule has 3 aromatic carbocycles. The third kappa shape index (κ3) is 1.63. The molecule has 0 amide bonds. The molecule has 0 unspecified atom stereocenters. The Balaban J connectivity index is 2.71. The fourth-order valence-electron chi connectivity index (χ4n) is 2.90. The van der Waals surface area contributed by atoms with Crippen molar-refractivity contribution in [3.8, 4) is 5.75 Å². The molecular weight excluding hydrogens is 252 g/mol. The highest BCUT2D eigenvalue weighted by molar-refractivity contribution is 6.20. The summed E-state index contributed by atoms with van der Waals surface area (Å²) in [6.07, 6.45) is 0. The van der Waals surface area contributed by atoms with Gasteiger partial charge in [-0.1, -0.05) is 42.0 Å². The number of carboxylic acid groups (broad SMARTS) is 1. The lowest BCUT2D eigenvalue weighted by Crippen LogP contribution is -2.01. The van der Waals surface area contributed by atoms with E-state index in [9.17, 15) is 15.0 Å². The molecule has 0 radical (unpaired) electrons. The summed E-state index contributed by atoms with van der Waals surface area (Å²) in [6.45, 7) is 3.85. The van der Waals surface area contributed by atoms with Gasteiger partial charge in [-0.25, -0.2) is 4.79 Å². The quantitative estimate of drug-likeness (QED) is 0.654. The van der Waals surface area contributed by atoms with E-state index < -0.39 is 5.97 Å². The molecule has 0 fully saturated rings. The summed E-state index contributed by atoms with van der Waals surface area (Å²) in [7, 11) is 0. The molecule has 0 saturated heterocycles. The van der Waals surface area contributed by atoms with Crippen LogP contribution in [0.25, 0.3) is 21.5 Å². The maximum absolute atomic E-state index is 11.6. The highest BCUT2D eigenvalue weighted by Gasteiger charge is 2.20. The van der Waals surface area contributed by atoms with E-state index in [-0.39, 0.29) is 11.3 Å². The van der Waals surface area contributed by atoms with Crippen LogP contribution < -0.4 is 0 Å². The monoisotopic (exact) mass is 266 g/mol. The van der Waals surface area contributed by atoms with Crippen molar-refractivity contribution in [1.29, 1.82) is 0 Å². The maximum atomic E-state index is 11.6. The molecule has 20 heavy (non-hydrogen) atoms. The number of hydrogen-bond donors (Lipinski definition) is 2. The third-order valence-corrected chi connectivity index (χ3v) is 3.65. The summed E-state index contributed by atoms with van der Waals surface area (Å²) in [5.74, 6) is -1.27. The van der Waals surface area contributed by atoms with Crippen LogP contribution in [0.2, 0.25) is 0 Å². The van der Waals surface area contributed by atoms with Gasteiger partial charge in [0.1, 0.15) is 11.3 Å². The Morgan fingerprint density at radius 2 is 1.65 bits per heavy atom. The van der Waals surface area contributed by atoms with E-state index in [1.54, 1.807) is 12.1 Å². The Bertz CT molecular complexity index is 863. The number of phenols is 1. The minimum atomic E-state index is -1.11. The summed E-state index contributed by atoms with van der Waals surface area (Å²) >= 11 is 0. The molecule has 3 nitrogen and oxygen atoms in total. The number of aromatic hydroxyl groups is 1. The number of aromatic carboxylic acids is 1. The molecule has 2 N–H and O–H groups in total. The summed E-state index contributed by atoms with van der Waals surface area (Å²) < 4.78 is 0. The van der Waals surface area contributed by atoms with Crippen LogP contribution in [-0.4, -0.2) is 16.2 Å². The molecule has 3 heteroatoms. The minimum Gasteiger partial charge on any atom is -0.506 e. The zero-order chi connectivity index (χ0) is 14.4. The van der Waals surface area contributed by atoms with E-state index in [0.29, 0.717) is 10.8 Å². The Hall–Kier alpha value is -2.55. The van der Waals surface area contributed by atoms with Gasteiger partial charge in [-0.3, -0.25) is 0 Å². The van der Waals surface area contributed by atoms with Gasteiger partial charge in [0, 0.05) is 10.8 Å². The zero-order valence-corrected chi connectivity index (χ0v) is 11.3. The maximum Gasteiger partial charge on any atom is 0.340 e. The second-order valence-electron chi connectivity index (χ2n) is 5.08. The molecule has 0 aliphatic heterocycles. The van der Waals surface area contributed by atoms with Crippen LogP contribution in [0.15, 0.2) is 36.4 Å². The number of aryl methyl sites for hydroxylation is 2. The van der Waals surface area contributed by atoms with Crippen molar-refractivity contribution in [1.82, 2.24) is 0 Å². The minimum absolute atomic E-state index is 0.0174. The second-order valence-corrected chi connectivity index (χ2v) is 5.08. The Kier molecular flexibility index (Phi) is 2.64. The molecule has 3 rings (SSSR count). The van der Waals surface area contributed by atoms with Gasteiger partial charge in [-0.2, -0.15) is 0 Å². The molecular formula is C17H14O3. The largest absolute Gasteiger partial charge is 0.506 e. The number of carboxylic acids is 1. The standard InChI is InChI=1S/C17H14O3/c1-9-7-10(2)14-13(8-9)11-5-3-4-6-12(11)16(18)15(14)17(19)20/h3-8,18H,1-2H3,(H,19,20). The lowest BCUT2D eigenvalue weighted by Gasteiger charge is -2.13. The first kappa shape index (κ1) is 12.5. The number of carbonyl (C=O) groups is 1. The third-order valence-electron chi connectivity index (χ3n) is 3.65. The van der Waals surface area contributed by atoms with Crippen molar-refractivity contribution in [3.63, 3.8) is 0 Å². The van der Waals surface area contributed by atoms with Crippen LogP contribution in [0.1, 0.15) is 21.5 Å². The summed E-state index contributed by atoms with van der Waals surface area (Å²) in [5, 5.41) is 22.7. The first-order valence-electron chi connectivity index (χ1n) is 6.38. The smallest absolute Gasteiger partial charge is 0.340 e. The molecule has 100 valence electrons. The summed E-state index contributed by atoms with van der Waals surface area (Å²) in [5.41, 5.74) is 1.91. The Labute approximate surface area is 116 Å². The van der Waals surface area contributed by atoms with Gasteiger partial charge in [0.25, 0.3) is 0 Å². The normalized spacial score (nSPS) is 11.1. The predicted molar refractivity (Wildman–Crippen MR) is 79.6 cm³/mol. The number of benzene rings is 3. The van der Waals surface area contributed by atoms with Crippen molar-refractivity contribution in [2.75, 3.05) is 0 Å². The van der Waals surface area contributed by atoms with Crippen molar-refractivity contribution < 1.29 is 15.0 Å². The molecule has 0 saturated carbocycles. The van der Waals surface area contributed by atoms with E-state index in [0.717, 1.165) is 21.9 Å². The first-order chi connectivity index (χ1) is 9.50. The topological polar surface area (TPSA) is 57.5 Å². The van der Waals surface area contributed by atoms with E-state index in [1.807, 2.05) is 38.1 Å². The fraction of sp³-hybridized carbons (Fsp3) is 0.118. The first-order valence-corrected chi connectivity index (χ1v) is 6.38. The lowest BCUT2D eigenvalue weighted by atomic mass is 9.92. The Morgan fingerprint density at radius 1 is 1.00 bits per heavy atom. The molecule has 3 aromatic rings. The molecule has 0 heterocycles. The average Bonchev–Trinajstić information content (AvgIpc) is 2.40. The molecule has 0 spiro atoms. The van der Waals surface area contributed by atoms with Gasteiger partial charge in [0.2, 0.25) is 0 Å². The van der Waals surface area contributed by atoms with E-state index >= 15 is 0 Å². The number of fused-ring (bicyclic) bond motifs is 3. The van der Waals surface area contributed by atoms with Crippen LogP contribution in [0.5, 0.6) is 5.75 Å². The number of rotatable bonds is 1. The van der Waals surface area contributed by atoms with E-state index in [4.69, 9.17) is 0 Å². The van der Waals surface area contributed by atoms with Gasteiger partial charge in [0.05, 0.1) is 0 Å². The van der Waals surface area contributed by atoms with Gasteiger partial charge in [0.15, 0.2) is 0 Å². The summed E-state index contributed by atoms with van der Waals surface area (Å²) in [6, 6.07) is 11.2. The molecule has 0 aromatic heterocycles. The van der Waals surface area contributed by atoms with Gasteiger partial charge >= 0.3 is 5.97 Å². The fourth-order valence-corrected chi connectivity index (χ4v) is 2.90. The van der Waals surface area contributed by atoms with Crippen molar-refractivity contribution in [3.05, 3.63) is 53.1 Å². The molecule has 0 aliphatic rings. The SMILES string of the molecule is Cc1cc(C)c2c(C(=O)O)c(O)c3ccccc3c2c1. The van der Waals surface area contributed by atoms with Gasteiger partial charge in [-0.05, 0) is 30.2 Å². The Morgan fingerprint density at radius 3 is 2.30 bits per heavy atom. The van der Waals surface area contributed by atoms with Crippen LogP contribution in [0.3, 0.4) is 0 Å². The molecule has 0 atom stereocenters. The summed E-state index contributed by atoms with van der Waals surface area (Å²) in [4.78, 5) is 11.6. The van der Waals surface area contributed by atoms with Gasteiger partial charge < -0.3 is 10.2 Å². The predicted octanol–water partition coefficient (Wildman–Crippen LogP) is 4.01. The van der Waals surface area contributed by atoms with Crippen LogP contribution in [0.4, 0.5) is 0 Å². The zero-order valence-electron chi connectivity index (χ0n) is 11.3.